The molecule has 0 unspecified atom stereocenters. The van der Waals surface area contributed by atoms with E-state index < -0.39 is 6.04 Å². The molecule has 0 fully saturated rings. The summed E-state index contributed by atoms with van der Waals surface area (Å²) in [6.07, 6.45) is 5.63. The standard InChI is InChI=1S/C16H20N4O/c17-15(9-14-10-18-11-19-14)16(21)20-7-5-12-3-1-2-4-13(12)6-8-20/h1-4,10-11,15H,5-9,17H2,(H,18,19)/t15-/m0/s1. The molecule has 1 aliphatic rings. The van der Waals surface area contributed by atoms with E-state index in [1.165, 1.54) is 11.1 Å². The first kappa shape index (κ1) is 13.8. The smallest absolute Gasteiger partial charge is 0.239 e. The van der Waals surface area contributed by atoms with E-state index in [9.17, 15) is 4.79 Å². The molecule has 5 nitrogen and oxygen atoms in total. The highest BCUT2D eigenvalue weighted by Crippen LogP contribution is 2.16. The minimum absolute atomic E-state index is 0.0254. The molecule has 1 aromatic carbocycles. The van der Waals surface area contributed by atoms with Gasteiger partial charge < -0.3 is 15.6 Å². The Morgan fingerprint density at radius 2 is 1.95 bits per heavy atom. The molecule has 5 heteroatoms. The fraction of sp³-hybridized carbons (Fsp3) is 0.375. The van der Waals surface area contributed by atoms with Gasteiger partial charge in [0.05, 0.1) is 12.4 Å². The van der Waals surface area contributed by atoms with Gasteiger partial charge >= 0.3 is 0 Å². The predicted molar refractivity (Wildman–Crippen MR) is 80.7 cm³/mol. The van der Waals surface area contributed by atoms with Crippen molar-refractivity contribution in [3.05, 3.63) is 53.6 Å². The van der Waals surface area contributed by atoms with Crippen molar-refractivity contribution < 1.29 is 4.79 Å². The lowest BCUT2D eigenvalue weighted by molar-refractivity contribution is -0.132. The third-order valence-electron chi connectivity index (χ3n) is 4.04. The van der Waals surface area contributed by atoms with Crippen LogP contribution >= 0.6 is 0 Å². The Morgan fingerprint density at radius 1 is 1.29 bits per heavy atom. The molecule has 1 amide bonds. The first-order valence-corrected chi connectivity index (χ1v) is 7.32. The van der Waals surface area contributed by atoms with Crippen molar-refractivity contribution in [2.24, 2.45) is 5.73 Å². The summed E-state index contributed by atoms with van der Waals surface area (Å²) in [4.78, 5) is 21.3. The maximum Gasteiger partial charge on any atom is 0.239 e. The van der Waals surface area contributed by atoms with E-state index in [1.807, 2.05) is 4.90 Å². The van der Waals surface area contributed by atoms with E-state index >= 15 is 0 Å². The average molecular weight is 284 g/mol. The molecule has 2 aromatic rings. The lowest BCUT2D eigenvalue weighted by Crippen LogP contribution is -2.46. The zero-order valence-electron chi connectivity index (χ0n) is 12.0. The number of rotatable bonds is 3. The summed E-state index contributed by atoms with van der Waals surface area (Å²) >= 11 is 0. The maximum atomic E-state index is 12.5. The van der Waals surface area contributed by atoms with Gasteiger partial charge in [0.25, 0.3) is 0 Å². The Hall–Kier alpha value is -2.14. The van der Waals surface area contributed by atoms with Crippen LogP contribution in [0.4, 0.5) is 0 Å². The Labute approximate surface area is 124 Å². The van der Waals surface area contributed by atoms with Crippen molar-refractivity contribution in [3.8, 4) is 0 Å². The van der Waals surface area contributed by atoms with Crippen molar-refractivity contribution >= 4 is 5.91 Å². The number of aromatic nitrogens is 2. The van der Waals surface area contributed by atoms with Crippen LogP contribution in [0.15, 0.2) is 36.8 Å². The van der Waals surface area contributed by atoms with Gasteiger partial charge in [0.2, 0.25) is 5.91 Å². The van der Waals surface area contributed by atoms with Crippen LogP contribution < -0.4 is 5.73 Å². The number of benzene rings is 1. The molecule has 0 spiro atoms. The van der Waals surface area contributed by atoms with Crippen molar-refractivity contribution in [1.29, 1.82) is 0 Å². The Bertz CT molecular complexity index is 581. The number of hydrogen-bond acceptors (Lipinski definition) is 3. The van der Waals surface area contributed by atoms with Crippen LogP contribution in [-0.4, -0.2) is 39.9 Å². The second-order valence-electron chi connectivity index (χ2n) is 5.48. The molecular formula is C16H20N4O. The molecule has 1 atom stereocenters. The highest BCUT2D eigenvalue weighted by Gasteiger charge is 2.23. The number of aromatic amines is 1. The third kappa shape index (κ3) is 3.13. The van der Waals surface area contributed by atoms with E-state index in [0.29, 0.717) is 6.42 Å². The number of carbonyl (C=O) groups is 1. The molecule has 21 heavy (non-hydrogen) atoms. The average Bonchev–Trinajstić information content (AvgIpc) is 2.91. The van der Waals surface area contributed by atoms with Gasteiger partial charge in [0.15, 0.2) is 0 Å². The number of hydrogen-bond donors (Lipinski definition) is 2. The number of amides is 1. The molecule has 1 aliphatic heterocycles. The highest BCUT2D eigenvalue weighted by atomic mass is 16.2. The van der Waals surface area contributed by atoms with E-state index in [-0.39, 0.29) is 5.91 Å². The number of imidazole rings is 1. The largest absolute Gasteiger partial charge is 0.348 e. The molecule has 2 heterocycles. The summed E-state index contributed by atoms with van der Waals surface area (Å²) in [5, 5.41) is 0. The lowest BCUT2D eigenvalue weighted by atomic mass is 10.0. The fourth-order valence-corrected chi connectivity index (χ4v) is 2.84. The second-order valence-corrected chi connectivity index (χ2v) is 5.48. The number of fused-ring (bicyclic) bond motifs is 1. The van der Waals surface area contributed by atoms with Crippen LogP contribution in [0.3, 0.4) is 0 Å². The molecule has 0 saturated carbocycles. The van der Waals surface area contributed by atoms with Crippen LogP contribution in [0.2, 0.25) is 0 Å². The van der Waals surface area contributed by atoms with Crippen molar-refractivity contribution in [2.75, 3.05) is 13.1 Å². The van der Waals surface area contributed by atoms with Gasteiger partial charge in [0, 0.05) is 31.4 Å². The normalized spacial score (nSPS) is 16.1. The summed E-state index contributed by atoms with van der Waals surface area (Å²) in [7, 11) is 0. The molecule has 110 valence electrons. The van der Waals surface area contributed by atoms with E-state index in [0.717, 1.165) is 31.6 Å². The van der Waals surface area contributed by atoms with Gasteiger partial charge in [-0.05, 0) is 24.0 Å². The first-order valence-electron chi connectivity index (χ1n) is 7.32. The Balaban J connectivity index is 1.63. The summed E-state index contributed by atoms with van der Waals surface area (Å²) in [6, 6.07) is 7.90. The van der Waals surface area contributed by atoms with Gasteiger partial charge in [0.1, 0.15) is 0 Å². The van der Waals surface area contributed by atoms with E-state index in [1.54, 1.807) is 12.5 Å². The molecular weight excluding hydrogens is 264 g/mol. The quantitative estimate of drug-likeness (QED) is 0.879. The zero-order chi connectivity index (χ0) is 14.7. The van der Waals surface area contributed by atoms with Gasteiger partial charge in [-0.1, -0.05) is 24.3 Å². The first-order chi connectivity index (χ1) is 10.2. The molecule has 3 N–H and O–H groups in total. The molecule has 0 aliphatic carbocycles. The minimum atomic E-state index is -0.508. The van der Waals surface area contributed by atoms with Gasteiger partial charge in [-0.3, -0.25) is 4.79 Å². The van der Waals surface area contributed by atoms with Crippen LogP contribution in [0.25, 0.3) is 0 Å². The molecule has 0 saturated heterocycles. The van der Waals surface area contributed by atoms with Crippen LogP contribution in [0.1, 0.15) is 16.8 Å². The van der Waals surface area contributed by atoms with E-state index in [2.05, 4.69) is 34.2 Å². The Morgan fingerprint density at radius 3 is 2.52 bits per heavy atom. The summed E-state index contributed by atoms with van der Waals surface area (Å²) in [5.74, 6) is 0.0254. The number of H-pyrrole nitrogens is 1. The maximum absolute atomic E-state index is 12.5. The number of nitrogens with one attached hydrogen (secondary N) is 1. The number of carbonyl (C=O) groups excluding carboxylic acids is 1. The third-order valence-corrected chi connectivity index (χ3v) is 4.04. The van der Waals surface area contributed by atoms with Crippen LogP contribution in [-0.2, 0) is 24.1 Å². The SMILES string of the molecule is N[C@@H](Cc1cnc[nH]1)C(=O)N1CCc2ccccc2CC1. The van der Waals surface area contributed by atoms with Gasteiger partial charge in [-0.2, -0.15) is 0 Å². The second kappa shape index (κ2) is 6.10. The minimum Gasteiger partial charge on any atom is -0.348 e. The summed E-state index contributed by atoms with van der Waals surface area (Å²) < 4.78 is 0. The monoisotopic (exact) mass is 284 g/mol. The lowest BCUT2D eigenvalue weighted by Gasteiger charge is -2.23. The predicted octanol–water partition coefficient (Wildman–Crippen LogP) is 0.907. The fourth-order valence-electron chi connectivity index (χ4n) is 2.84. The van der Waals surface area contributed by atoms with Crippen LogP contribution in [0, 0.1) is 0 Å². The van der Waals surface area contributed by atoms with Gasteiger partial charge in [-0.15, -0.1) is 0 Å². The molecule has 0 bridgehead atoms. The number of nitrogens with zero attached hydrogens (tertiary/aromatic N) is 2. The number of nitrogens with two attached hydrogens (primary N) is 1. The molecule has 3 rings (SSSR count). The van der Waals surface area contributed by atoms with Gasteiger partial charge in [-0.25, -0.2) is 4.98 Å². The van der Waals surface area contributed by atoms with E-state index in [4.69, 9.17) is 5.73 Å². The molecule has 0 radical (unpaired) electrons. The van der Waals surface area contributed by atoms with Crippen molar-refractivity contribution in [2.45, 2.75) is 25.3 Å². The van der Waals surface area contributed by atoms with Crippen LogP contribution in [0.5, 0.6) is 0 Å². The highest BCUT2D eigenvalue weighted by molar-refractivity contribution is 5.82. The summed E-state index contributed by atoms with van der Waals surface area (Å²) in [6.45, 7) is 1.49. The van der Waals surface area contributed by atoms with Crippen molar-refractivity contribution in [3.63, 3.8) is 0 Å². The summed E-state index contributed by atoms with van der Waals surface area (Å²) in [5.41, 5.74) is 9.64. The Kier molecular flexibility index (Phi) is 4.01. The topological polar surface area (TPSA) is 75.0 Å². The zero-order valence-corrected chi connectivity index (χ0v) is 12.0. The molecule has 1 aromatic heterocycles. The van der Waals surface area contributed by atoms with Crippen molar-refractivity contribution in [1.82, 2.24) is 14.9 Å².